The first-order chi connectivity index (χ1) is 13.5. The fraction of sp³-hybridized carbons (Fsp3) is 0.300. The molecule has 2 atom stereocenters. The van der Waals surface area contributed by atoms with E-state index < -0.39 is 24.1 Å². The first kappa shape index (κ1) is 19.3. The van der Waals surface area contributed by atoms with Gasteiger partial charge < -0.3 is 29.0 Å². The minimum atomic E-state index is -0.909. The molecule has 0 bridgehead atoms. The standard InChI is InChI=1S/C20H21NO7/c1-11-18(28-15-8-6-5-7-14(15)27-11)19(22)21-13-10-17(25-3)16(24-2)9-12(13)20(23)26-4/h5-11,18H,1-4H3,(H,21,22). The number of esters is 1. The molecule has 1 aliphatic heterocycles. The highest BCUT2D eigenvalue weighted by Gasteiger charge is 2.35. The van der Waals surface area contributed by atoms with Gasteiger partial charge >= 0.3 is 5.97 Å². The lowest BCUT2D eigenvalue weighted by Gasteiger charge is -2.31. The van der Waals surface area contributed by atoms with Gasteiger partial charge in [0.1, 0.15) is 6.10 Å². The van der Waals surface area contributed by atoms with Gasteiger partial charge in [-0.25, -0.2) is 4.79 Å². The maximum absolute atomic E-state index is 12.9. The Morgan fingerprint density at radius 2 is 1.57 bits per heavy atom. The predicted octanol–water partition coefficient (Wildman–Crippen LogP) is 2.66. The van der Waals surface area contributed by atoms with E-state index in [1.807, 2.05) is 6.07 Å². The maximum atomic E-state index is 12.9. The second-order valence-electron chi connectivity index (χ2n) is 6.04. The molecule has 8 nitrogen and oxygen atoms in total. The second-order valence-corrected chi connectivity index (χ2v) is 6.04. The van der Waals surface area contributed by atoms with Crippen LogP contribution in [0.3, 0.4) is 0 Å². The number of amides is 1. The van der Waals surface area contributed by atoms with E-state index in [9.17, 15) is 9.59 Å². The zero-order valence-corrected chi connectivity index (χ0v) is 16.0. The molecule has 2 aromatic carbocycles. The summed E-state index contributed by atoms with van der Waals surface area (Å²) in [7, 11) is 4.16. The van der Waals surface area contributed by atoms with E-state index in [2.05, 4.69) is 5.32 Å². The third-order valence-electron chi connectivity index (χ3n) is 4.29. The molecule has 0 radical (unpaired) electrons. The Morgan fingerprint density at radius 1 is 0.964 bits per heavy atom. The van der Waals surface area contributed by atoms with Crippen LogP contribution in [0.5, 0.6) is 23.0 Å². The largest absolute Gasteiger partial charge is 0.493 e. The van der Waals surface area contributed by atoms with Crippen LogP contribution in [-0.2, 0) is 9.53 Å². The van der Waals surface area contributed by atoms with Gasteiger partial charge in [-0.05, 0) is 19.1 Å². The molecular formula is C20H21NO7. The summed E-state index contributed by atoms with van der Waals surface area (Å²) < 4.78 is 26.8. The smallest absolute Gasteiger partial charge is 0.340 e. The number of anilines is 1. The van der Waals surface area contributed by atoms with Crippen LogP contribution in [-0.4, -0.2) is 45.4 Å². The molecule has 0 fully saturated rings. The van der Waals surface area contributed by atoms with Gasteiger partial charge in [0.05, 0.1) is 32.6 Å². The van der Waals surface area contributed by atoms with E-state index >= 15 is 0 Å². The topological polar surface area (TPSA) is 92.3 Å². The van der Waals surface area contributed by atoms with Crippen molar-refractivity contribution in [1.82, 2.24) is 0 Å². The zero-order valence-electron chi connectivity index (χ0n) is 16.0. The Kier molecular flexibility index (Phi) is 5.58. The highest BCUT2D eigenvalue weighted by Crippen LogP contribution is 2.36. The summed E-state index contributed by atoms with van der Waals surface area (Å²) in [6.07, 6.45) is -1.44. The molecule has 0 spiro atoms. The van der Waals surface area contributed by atoms with Crippen molar-refractivity contribution < 1.29 is 33.3 Å². The lowest BCUT2D eigenvalue weighted by molar-refractivity contribution is -0.128. The van der Waals surface area contributed by atoms with Gasteiger partial charge in [0, 0.05) is 12.1 Å². The first-order valence-corrected chi connectivity index (χ1v) is 8.56. The summed E-state index contributed by atoms with van der Waals surface area (Å²) >= 11 is 0. The van der Waals surface area contributed by atoms with Crippen molar-refractivity contribution in [3.05, 3.63) is 42.0 Å². The number of carbonyl (C=O) groups is 2. The van der Waals surface area contributed by atoms with Crippen molar-refractivity contribution in [2.75, 3.05) is 26.6 Å². The van der Waals surface area contributed by atoms with Gasteiger partial charge in [0.25, 0.3) is 5.91 Å². The number of nitrogens with one attached hydrogen (secondary N) is 1. The Bertz CT molecular complexity index is 896. The first-order valence-electron chi connectivity index (χ1n) is 8.56. The number of benzene rings is 2. The normalized spacial score (nSPS) is 17.4. The molecule has 0 saturated carbocycles. The average Bonchev–Trinajstić information content (AvgIpc) is 2.72. The van der Waals surface area contributed by atoms with E-state index in [4.69, 9.17) is 23.7 Å². The lowest BCUT2D eigenvalue weighted by atomic mass is 10.1. The zero-order chi connectivity index (χ0) is 20.3. The van der Waals surface area contributed by atoms with Crippen LogP contribution in [0.4, 0.5) is 5.69 Å². The highest BCUT2D eigenvalue weighted by atomic mass is 16.6. The molecule has 1 amide bonds. The second kappa shape index (κ2) is 8.08. The Labute approximate surface area is 162 Å². The van der Waals surface area contributed by atoms with Crippen molar-refractivity contribution in [2.24, 2.45) is 0 Å². The van der Waals surface area contributed by atoms with Gasteiger partial charge in [-0.3, -0.25) is 4.79 Å². The minimum Gasteiger partial charge on any atom is -0.493 e. The number of carbonyl (C=O) groups excluding carboxylic acids is 2. The van der Waals surface area contributed by atoms with E-state index in [-0.39, 0.29) is 11.3 Å². The SMILES string of the molecule is COC(=O)c1cc(OC)c(OC)cc1NC(=O)C1Oc2ccccc2OC1C. The summed E-state index contributed by atoms with van der Waals surface area (Å²) in [5.41, 5.74) is 0.336. The van der Waals surface area contributed by atoms with Gasteiger partial charge in [-0.2, -0.15) is 0 Å². The number of fused-ring (bicyclic) bond motifs is 1. The van der Waals surface area contributed by atoms with E-state index in [0.717, 1.165) is 0 Å². The van der Waals surface area contributed by atoms with Crippen molar-refractivity contribution in [3.63, 3.8) is 0 Å². The quantitative estimate of drug-likeness (QED) is 0.789. The molecule has 3 rings (SSSR count). The van der Waals surface area contributed by atoms with Crippen LogP contribution in [0, 0.1) is 0 Å². The van der Waals surface area contributed by atoms with Crippen LogP contribution < -0.4 is 24.3 Å². The van der Waals surface area contributed by atoms with Crippen LogP contribution in [0.15, 0.2) is 36.4 Å². The van der Waals surface area contributed by atoms with Crippen molar-refractivity contribution >= 4 is 17.6 Å². The van der Waals surface area contributed by atoms with Crippen molar-refractivity contribution in [2.45, 2.75) is 19.1 Å². The number of para-hydroxylation sites is 2. The molecule has 28 heavy (non-hydrogen) atoms. The monoisotopic (exact) mass is 387 g/mol. The van der Waals surface area contributed by atoms with Crippen LogP contribution in [0.2, 0.25) is 0 Å². The molecule has 0 saturated heterocycles. The average molecular weight is 387 g/mol. The van der Waals surface area contributed by atoms with Crippen molar-refractivity contribution in [3.8, 4) is 23.0 Å². The van der Waals surface area contributed by atoms with Crippen LogP contribution >= 0.6 is 0 Å². The molecule has 0 aliphatic carbocycles. The van der Waals surface area contributed by atoms with E-state index in [1.165, 1.54) is 33.5 Å². The molecule has 1 aliphatic rings. The van der Waals surface area contributed by atoms with E-state index in [0.29, 0.717) is 23.0 Å². The van der Waals surface area contributed by atoms with Gasteiger partial charge in [0.15, 0.2) is 23.0 Å². The van der Waals surface area contributed by atoms with Gasteiger partial charge in [-0.1, -0.05) is 12.1 Å². The molecule has 148 valence electrons. The molecule has 8 heteroatoms. The third kappa shape index (κ3) is 3.66. The number of hydrogen-bond acceptors (Lipinski definition) is 7. The summed E-state index contributed by atoms with van der Waals surface area (Å²) in [5, 5.41) is 2.70. The predicted molar refractivity (Wildman–Crippen MR) is 100 cm³/mol. The molecule has 2 aromatic rings. The highest BCUT2D eigenvalue weighted by molar-refractivity contribution is 6.03. The number of ether oxygens (including phenoxy) is 5. The summed E-state index contributed by atoms with van der Waals surface area (Å²) in [4.78, 5) is 25.0. The molecule has 1 heterocycles. The Hall–Kier alpha value is -3.42. The lowest BCUT2D eigenvalue weighted by Crippen LogP contribution is -2.46. The van der Waals surface area contributed by atoms with Crippen LogP contribution in [0.1, 0.15) is 17.3 Å². The Balaban J connectivity index is 1.90. The van der Waals surface area contributed by atoms with Gasteiger partial charge in [-0.15, -0.1) is 0 Å². The molecular weight excluding hydrogens is 366 g/mol. The van der Waals surface area contributed by atoms with E-state index in [1.54, 1.807) is 25.1 Å². The van der Waals surface area contributed by atoms with Crippen molar-refractivity contribution in [1.29, 1.82) is 0 Å². The fourth-order valence-corrected chi connectivity index (χ4v) is 2.87. The summed E-state index contributed by atoms with van der Waals surface area (Å²) in [6, 6.07) is 10.0. The number of rotatable bonds is 5. The third-order valence-corrected chi connectivity index (χ3v) is 4.29. The summed E-state index contributed by atoms with van der Waals surface area (Å²) in [6.45, 7) is 1.73. The molecule has 1 N–H and O–H groups in total. The number of methoxy groups -OCH3 is 3. The molecule has 2 unspecified atom stereocenters. The number of hydrogen-bond donors (Lipinski definition) is 1. The molecule has 0 aromatic heterocycles. The Morgan fingerprint density at radius 3 is 2.18 bits per heavy atom. The van der Waals surface area contributed by atoms with Gasteiger partial charge in [0.2, 0.25) is 6.10 Å². The maximum Gasteiger partial charge on any atom is 0.340 e. The summed E-state index contributed by atoms with van der Waals surface area (Å²) in [5.74, 6) is 0.626. The van der Waals surface area contributed by atoms with Crippen LogP contribution in [0.25, 0.3) is 0 Å². The fourth-order valence-electron chi connectivity index (χ4n) is 2.87. The minimum absolute atomic E-state index is 0.123.